The number of allylic oxidation sites excluding steroid dienone is 2. The standard InChI is InChI=1S/C19H22BrN3S.C8H15NO2/c1-4-5-9-14(2)22-15(3)23-19-18(12-16(20)13-21-19)24-17-10-7-6-8-11-17;1-7(11-2)8(10)9-5-3-4-6-9/h6-13H,4-5H2,1-3H3,(H,21,22,23);7H,3-6H2,1-2H3/b14-9-;. The number of aromatic nitrogens is 1. The van der Waals surface area contributed by atoms with E-state index in [2.05, 4.69) is 69.3 Å². The summed E-state index contributed by atoms with van der Waals surface area (Å²) in [6.07, 6.45) is 8.19. The highest BCUT2D eigenvalue weighted by Gasteiger charge is 2.22. The van der Waals surface area contributed by atoms with Gasteiger partial charge in [-0.15, -0.1) is 0 Å². The summed E-state index contributed by atoms with van der Waals surface area (Å²) in [7, 11) is 1.57. The Morgan fingerprint density at radius 3 is 2.60 bits per heavy atom. The molecule has 1 amide bonds. The zero-order valence-electron chi connectivity index (χ0n) is 21.4. The Bertz CT molecular complexity index is 992. The number of aliphatic imine (C=N–C) groups is 1. The lowest BCUT2D eigenvalue weighted by atomic mass is 10.3. The average molecular weight is 562 g/mol. The third-order valence-corrected chi connectivity index (χ3v) is 6.74. The Morgan fingerprint density at radius 2 is 1.97 bits per heavy atom. The van der Waals surface area contributed by atoms with Gasteiger partial charge in [-0.3, -0.25) is 4.79 Å². The molecule has 0 aliphatic carbocycles. The number of nitrogens with one attached hydrogen (secondary N) is 1. The minimum Gasteiger partial charge on any atom is -0.372 e. The van der Waals surface area contributed by atoms with Gasteiger partial charge in [0.15, 0.2) is 5.82 Å². The number of hydrogen-bond donors (Lipinski definition) is 1. The number of unbranched alkanes of at least 4 members (excludes halogenated alkanes) is 1. The first-order valence-electron chi connectivity index (χ1n) is 12.0. The highest BCUT2D eigenvalue weighted by molar-refractivity contribution is 9.10. The van der Waals surface area contributed by atoms with E-state index in [9.17, 15) is 4.79 Å². The molecule has 1 saturated heterocycles. The number of methoxy groups -OCH3 is 1. The van der Waals surface area contributed by atoms with Gasteiger partial charge in [-0.25, -0.2) is 9.98 Å². The molecule has 1 fully saturated rings. The van der Waals surface area contributed by atoms with E-state index in [1.807, 2.05) is 30.0 Å². The van der Waals surface area contributed by atoms with Crippen LogP contribution in [0.1, 0.15) is 53.4 Å². The molecule has 0 spiro atoms. The Balaban J connectivity index is 0.000000328. The second kappa shape index (κ2) is 15.8. The fourth-order valence-corrected chi connectivity index (χ4v) is 4.77. The number of carbonyl (C=O) groups is 1. The Kier molecular flexibility index (Phi) is 13.1. The van der Waals surface area contributed by atoms with Gasteiger partial charge in [-0.05, 0) is 74.2 Å². The number of likely N-dealkylation sites (tertiary alicyclic amines) is 1. The van der Waals surface area contributed by atoms with Gasteiger partial charge in [0.1, 0.15) is 11.9 Å². The summed E-state index contributed by atoms with van der Waals surface area (Å²) < 4.78 is 5.88. The van der Waals surface area contributed by atoms with Crippen LogP contribution in [-0.4, -0.2) is 47.9 Å². The summed E-state index contributed by atoms with van der Waals surface area (Å²) in [6.45, 7) is 9.80. The van der Waals surface area contributed by atoms with Crippen molar-refractivity contribution in [3.8, 4) is 0 Å². The maximum absolute atomic E-state index is 11.4. The number of halogens is 1. The Morgan fingerprint density at radius 1 is 1.29 bits per heavy atom. The number of amidine groups is 1. The third-order valence-electron chi connectivity index (χ3n) is 5.28. The topological polar surface area (TPSA) is 66.8 Å². The van der Waals surface area contributed by atoms with Crippen LogP contribution in [0, 0.1) is 0 Å². The lowest BCUT2D eigenvalue weighted by Crippen LogP contribution is -2.36. The van der Waals surface area contributed by atoms with E-state index in [4.69, 9.17) is 4.74 Å². The number of rotatable bonds is 8. The lowest BCUT2D eigenvalue weighted by molar-refractivity contribution is -0.139. The van der Waals surface area contributed by atoms with E-state index in [1.54, 1.807) is 32.0 Å². The lowest BCUT2D eigenvalue weighted by Gasteiger charge is -2.18. The maximum atomic E-state index is 11.4. The molecule has 2 heterocycles. The summed E-state index contributed by atoms with van der Waals surface area (Å²) in [6, 6.07) is 12.3. The van der Waals surface area contributed by atoms with Gasteiger partial charge in [0.2, 0.25) is 0 Å². The van der Waals surface area contributed by atoms with Crippen LogP contribution >= 0.6 is 27.7 Å². The number of ether oxygens (including phenoxy) is 1. The van der Waals surface area contributed by atoms with Crippen LogP contribution in [0.2, 0.25) is 0 Å². The highest BCUT2D eigenvalue weighted by Crippen LogP contribution is 2.35. The van der Waals surface area contributed by atoms with E-state index in [-0.39, 0.29) is 12.0 Å². The molecule has 3 rings (SSSR count). The second-order valence-electron chi connectivity index (χ2n) is 8.30. The molecule has 1 aliphatic rings. The monoisotopic (exact) mass is 560 g/mol. The summed E-state index contributed by atoms with van der Waals surface area (Å²) >= 11 is 5.16. The Labute approximate surface area is 222 Å². The minimum absolute atomic E-state index is 0.130. The van der Waals surface area contributed by atoms with Crippen molar-refractivity contribution in [3.05, 3.63) is 58.8 Å². The predicted octanol–water partition coefficient (Wildman–Crippen LogP) is 6.98. The zero-order chi connectivity index (χ0) is 25.6. The van der Waals surface area contributed by atoms with Crippen LogP contribution in [0.25, 0.3) is 0 Å². The maximum Gasteiger partial charge on any atom is 0.251 e. The summed E-state index contributed by atoms with van der Waals surface area (Å²) in [5.74, 6) is 1.69. The van der Waals surface area contributed by atoms with Crippen molar-refractivity contribution in [2.24, 2.45) is 4.99 Å². The van der Waals surface area contributed by atoms with E-state index in [0.29, 0.717) is 0 Å². The van der Waals surface area contributed by atoms with Crippen LogP contribution in [-0.2, 0) is 9.53 Å². The van der Waals surface area contributed by atoms with Gasteiger partial charge in [0.25, 0.3) is 5.91 Å². The quantitative estimate of drug-likeness (QED) is 0.278. The minimum atomic E-state index is -0.270. The fraction of sp³-hybridized carbons (Fsp3) is 0.444. The number of amides is 1. The molecule has 6 nitrogen and oxygen atoms in total. The van der Waals surface area contributed by atoms with Crippen molar-refractivity contribution in [2.45, 2.75) is 69.3 Å². The first-order chi connectivity index (χ1) is 16.8. The molecule has 1 aromatic heterocycles. The first kappa shape index (κ1) is 29.1. The predicted molar refractivity (Wildman–Crippen MR) is 149 cm³/mol. The Hall–Kier alpha value is -2.16. The summed E-state index contributed by atoms with van der Waals surface area (Å²) in [4.78, 5) is 24.6. The van der Waals surface area contributed by atoms with Gasteiger partial charge in [0, 0.05) is 41.5 Å². The summed E-state index contributed by atoms with van der Waals surface area (Å²) in [5.41, 5.74) is 1.12. The number of hydrogen-bond acceptors (Lipinski definition) is 5. The molecule has 0 bridgehead atoms. The molecule has 190 valence electrons. The zero-order valence-corrected chi connectivity index (χ0v) is 23.8. The van der Waals surface area contributed by atoms with Crippen LogP contribution in [0.3, 0.4) is 0 Å². The average Bonchev–Trinajstić information content (AvgIpc) is 3.39. The highest BCUT2D eigenvalue weighted by atomic mass is 79.9. The van der Waals surface area contributed by atoms with E-state index < -0.39 is 0 Å². The number of carbonyl (C=O) groups excluding carboxylic acids is 1. The normalized spacial score (nSPS) is 14.9. The molecule has 35 heavy (non-hydrogen) atoms. The van der Waals surface area contributed by atoms with Crippen molar-refractivity contribution >= 4 is 45.3 Å². The van der Waals surface area contributed by atoms with Gasteiger partial charge >= 0.3 is 0 Å². The smallest absolute Gasteiger partial charge is 0.251 e. The number of nitrogens with zero attached hydrogens (tertiary/aromatic N) is 3. The van der Waals surface area contributed by atoms with Crippen molar-refractivity contribution < 1.29 is 9.53 Å². The van der Waals surface area contributed by atoms with Crippen molar-refractivity contribution in [1.29, 1.82) is 0 Å². The second-order valence-corrected chi connectivity index (χ2v) is 10.3. The molecular weight excluding hydrogens is 524 g/mol. The van der Waals surface area contributed by atoms with Crippen molar-refractivity contribution in [2.75, 3.05) is 20.2 Å². The molecule has 0 radical (unpaired) electrons. The summed E-state index contributed by atoms with van der Waals surface area (Å²) in [5, 5.41) is 3.32. The number of benzene rings is 1. The van der Waals surface area contributed by atoms with Gasteiger partial charge in [-0.2, -0.15) is 0 Å². The third kappa shape index (κ3) is 10.5. The van der Waals surface area contributed by atoms with E-state index in [1.165, 1.54) is 4.90 Å². The number of pyridine rings is 1. The van der Waals surface area contributed by atoms with Crippen LogP contribution in [0.4, 0.5) is 5.82 Å². The van der Waals surface area contributed by atoms with Gasteiger partial charge in [-0.1, -0.05) is 49.4 Å². The fourth-order valence-electron chi connectivity index (χ4n) is 3.37. The molecule has 1 unspecified atom stereocenters. The van der Waals surface area contributed by atoms with Crippen LogP contribution < -0.4 is 5.32 Å². The van der Waals surface area contributed by atoms with Crippen molar-refractivity contribution in [3.63, 3.8) is 0 Å². The molecule has 2 aromatic rings. The van der Waals surface area contributed by atoms with Crippen LogP contribution in [0.5, 0.6) is 0 Å². The molecular formula is C27H37BrN4O2S. The van der Waals surface area contributed by atoms with Gasteiger partial charge in [0.05, 0.1) is 4.90 Å². The van der Waals surface area contributed by atoms with E-state index in [0.717, 1.165) is 65.5 Å². The molecule has 1 atom stereocenters. The SMILES string of the molecule is CCC/C=C(/C)N/C(C)=N/c1ncc(Br)cc1Sc1ccccc1.COC(C)C(=O)N1CCCC1. The van der Waals surface area contributed by atoms with Gasteiger partial charge < -0.3 is 15.0 Å². The first-order valence-corrected chi connectivity index (χ1v) is 13.6. The van der Waals surface area contributed by atoms with E-state index >= 15 is 0 Å². The molecule has 1 aliphatic heterocycles. The molecule has 8 heteroatoms. The molecule has 1 N–H and O–H groups in total. The molecule has 0 saturated carbocycles. The van der Waals surface area contributed by atoms with Crippen LogP contribution in [0.15, 0.2) is 73.6 Å². The largest absolute Gasteiger partial charge is 0.372 e. The molecule has 1 aromatic carbocycles. The van der Waals surface area contributed by atoms with Crippen molar-refractivity contribution in [1.82, 2.24) is 15.2 Å².